The van der Waals surface area contributed by atoms with E-state index in [0.717, 1.165) is 17.1 Å². The van der Waals surface area contributed by atoms with Gasteiger partial charge in [0.25, 0.3) is 0 Å². The van der Waals surface area contributed by atoms with E-state index in [1.807, 2.05) is 0 Å². The van der Waals surface area contributed by atoms with Crippen LogP contribution in [0.5, 0.6) is 0 Å². The summed E-state index contributed by atoms with van der Waals surface area (Å²) >= 11 is 0. The van der Waals surface area contributed by atoms with E-state index in [2.05, 4.69) is 229 Å². The molecule has 10 aromatic rings. The molecule has 0 unspecified atom stereocenters. The summed E-state index contributed by atoms with van der Waals surface area (Å²) in [7, 11) is 0. The van der Waals surface area contributed by atoms with Crippen LogP contribution in [0.3, 0.4) is 0 Å². The number of benzene rings is 10. The van der Waals surface area contributed by atoms with Crippen LogP contribution < -0.4 is 4.90 Å². The molecule has 0 bridgehead atoms. The van der Waals surface area contributed by atoms with Crippen LogP contribution in [0.25, 0.3) is 76.8 Å². The Morgan fingerprint density at radius 2 is 0.764 bits per heavy atom. The second-order valence-corrected chi connectivity index (χ2v) is 14.1. The standard InChI is InChI=1S/C54H37N/c1-3-16-38(17-4-1)48-35-34-44(37-52(48)40-18-5-2-6-19-40)55(43-32-30-41(31-33-43)46-28-15-22-39-20-7-9-23-45(39)46)54-29-14-13-27-51(54)53-36-42-21-8-10-24-47(42)49-25-11-12-26-50(49)53/h1-37H. The van der Waals surface area contributed by atoms with Gasteiger partial charge < -0.3 is 4.90 Å². The fourth-order valence-corrected chi connectivity index (χ4v) is 8.27. The van der Waals surface area contributed by atoms with Crippen molar-refractivity contribution in [2.75, 3.05) is 4.90 Å². The van der Waals surface area contributed by atoms with Gasteiger partial charge in [-0.3, -0.25) is 0 Å². The van der Waals surface area contributed by atoms with Gasteiger partial charge in [0.05, 0.1) is 5.69 Å². The first-order valence-corrected chi connectivity index (χ1v) is 18.9. The summed E-state index contributed by atoms with van der Waals surface area (Å²) in [6.07, 6.45) is 0. The average molecular weight is 700 g/mol. The van der Waals surface area contributed by atoms with Crippen molar-refractivity contribution < 1.29 is 0 Å². The minimum absolute atomic E-state index is 1.09. The predicted octanol–water partition coefficient (Wildman–Crippen LogP) is 15.3. The first-order chi connectivity index (χ1) is 27.3. The van der Waals surface area contributed by atoms with Gasteiger partial charge in [0, 0.05) is 16.9 Å². The van der Waals surface area contributed by atoms with E-state index in [-0.39, 0.29) is 0 Å². The van der Waals surface area contributed by atoms with E-state index in [1.54, 1.807) is 0 Å². The van der Waals surface area contributed by atoms with Gasteiger partial charge in [-0.15, -0.1) is 0 Å². The van der Waals surface area contributed by atoms with Gasteiger partial charge in [-0.25, -0.2) is 0 Å². The molecule has 10 rings (SSSR count). The van der Waals surface area contributed by atoms with Crippen LogP contribution in [-0.2, 0) is 0 Å². The summed E-state index contributed by atoms with van der Waals surface area (Å²) in [6, 6.07) is 81.5. The lowest BCUT2D eigenvalue weighted by atomic mass is 9.91. The molecule has 0 amide bonds. The molecule has 0 aromatic heterocycles. The number of hydrogen-bond donors (Lipinski definition) is 0. The third kappa shape index (κ3) is 5.93. The van der Waals surface area contributed by atoms with Crippen LogP contribution in [0.1, 0.15) is 0 Å². The summed E-state index contributed by atoms with van der Waals surface area (Å²) in [6.45, 7) is 0. The molecule has 0 saturated heterocycles. The van der Waals surface area contributed by atoms with Crippen LogP contribution >= 0.6 is 0 Å². The zero-order valence-corrected chi connectivity index (χ0v) is 30.3. The van der Waals surface area contributed by atoms with E-state index >= 15 is 0 Å². The first kappa shape index (κ1) is 32.4. The van der Waals surface area contributed by atoms with Crippen molar-refractivity contribution >= 4 is 49.4 Å². The van der Waals surface area contributed by atoms with E-state index < -0.39 is 0 Å². The molecule has 55 heavy (non-hydrogen) atoms. The van der Waals surface area contributed by atoms with Crippen molar-refractivity contribution in [3.63, 3.8) is 0 Å². The molecule has 0 saturated carbocycles. The SMILES string of the molecule is c1ccc(-c2ccc(N(c3ccc(-c4cccc5ccccc45)cc3)c3ccccc3-c3cc4ccccc4c4ccccc34)cc2-c2ccccc2)cc1. The smallest absolute Gasteiger partial charge is 0.0540 e. The highest BCUT2D eigenvalue weighted by atomic mass is 15.1. The van der Waals surface area contributed by atoms with Crippen molar-refractivity contribution in [3.8, 4) is 44.5 Å². The number of para-hydroxylation sites is 1. The second-order valence-electron chi connectivity index (χ2n) is 14.1. The Morgan fingerprint density at radius 3 is 1.53 bits per heavy atom. The molecular formula is C54H37N. The van der Waals surface area contributed by atoms with Gasteiger partial charge in [-0.05, 0) is 108 Å². The fourth-order valence-electron chi connectivity index (χ4n) is 8.27. The number of nitrogens with zero attached hydrogens (tertiary/aromatic N) is 1. The quantitative estimate of drug-likeness (QED) is 0.150. The molecule has 0 aliphatic rings. The Labute approximate surface area is 322 Å². The van der Waals surface area contributed by atoms with Crippen LogP contribution in [0.2, 0.25) is 0 Å². The minimum atomic E-state index is 1.09. The van der Waals surface area contributed by atoms with Crippen molar-refractivity contribution in [1.82, 2.24) is 0 Å². The summed E-state index contributed by atoms with van der Waals surface area (Å²) in [5.41, 5.74) is 12.9. The van der Waals surface area contributed by atoms with Gasteiger partial charge in [0.2, 0.25) is 0 Å². The number of anilines is 3. The number of fused-ring (bicyclic) bond motifs is 4. The van der Waals surface area contributed by atoms with Gasteiger partial charge in [0.1, 0.15) is 0 Å². The van der Waals surface area contributed by atoms with Crippen LogP contribution in [0.15, 0.2) is 224 Å². The molecule has 1 nitrogen and oxygen atoms in total. The molecule has 0 atom stereocenters. The zero-order valence-electron chi connectivity index (χ0n) is 30.3. The monoisotopic (exact) mass is 699 g/mol. The largest absolute Gasteiger partial charge is 0.310 e. The van der Waals surface area contributed by atoms with E-state index in [1.165, 1.54) is 76.8 Å². The van der Waals surface area contributed by atoms with Crippen molar-refractivity contribution in [3.05, 3.63) is 224 Å². The molecule has 0 radical (unpaired) electrons. The maximum Gasteiger partial charge on any atom is 0.0540 e. The molecule has 0 fully saturated rings. The van der Waals surface area contributed by atoms with Crippen molar-refractivity contribution in [1.29, 1.82) is 0 Å². The van der Waals surface area contributed by atoms with Crippen LogP contribution in [0, 0.1) is 0 Å². The molecule has 10 aromatic carbocycles. The molecule has 1 heteroatoms. The second kappa shape index (κ2) is 14.0. The van der Waals surface area contributed by atoms with E-state index in [4.69, 9.17) is 0 Å². The normalized spacial score (nSPS) is 11.3. The van der Waals surface area contributed by atoms with E-state index in [0.29, 0.717) is 0 Å². The Hall–Kier alpha value is -7.22. The molecule has 0 aliphatic heterocycles. The topological polar surface area (TPSA) is 3.24 Å². The van der Waals surface area contributed by atoms with Gasteiger partial charge in [-0.2, -0.15) is 0 Å². The summed E-state index contributed by atoms with van der Waals surface area (Å²) in [5.74, 6) is 0. The molecule has 258 valence electrons. The summed E-state index contributed by atoms with van der Waals surface area (Å²) < 4.78 is 0. The maximum atomic E-state index is 2.44. The Bertz CT molecular complexity index is 2960. The highest BCUT2D eigenvalue weighted by molar-refractivity contribution is 6.15. The lowest BCUT2D eigenvalue weighted by molar-refractivity contribution is 1.28. The van der Waals surface area contributed by atoms with Crippen molar-refractivity contribution in [2.24, 2.45) is 0 Å². The zero-order chi connectivity index (χ0) is 36.6. The summed E-state index contributed by atoms with van der Waals surface area (Å²) in [5, 5.41) is 7.50. The third-order valence-corrected chi connectivity index (χ3v) is 10.9. The van der Waals surface area contributed by atoms with E-state index in [9.17, 15) is 0 Å². The maximum absolute atomic E-state index is 2.44. The molecular weight excluding hydrogens is 663 g/mol. The molecule has 0 heterocycles. The van der Waals surface area contributed by atoms with Gasteiger partial charge in [0.15, 0.2) is 0 Å². The Balaban J connectivity index is 1.21. The third-order valence-electron chi connectivity index (χ3n) is 10.9. The lowest BCUT2D eigenvalue weighted by Gasteiger charge is -2.29. The first-order valence-electron chi connectivity index (χ1n) is 18.9. The van der Waals surface area contributed by atoms with Crippen molar-refractivity contribution in [2.45, 2.75) is 0 Å². The molecule has 0 spiro atoms. The molecule has 0 aliphatic carbocycles. The predicted molar refractivity (Wildman–Crippen MR) is 235 cm³/mol. The van der Waals surface area contributed by atoms with Gasteiger partial charge >= 0.3 is 0 Å². The number of rotatable bonds is 7. The Kier molecular flexibility index (Phi) is 8.24. The summed E-state index contributed by atoms with van der Waals surface area (Å²) in [4.78, 5) is 2.44. The highest BCUT2D eigenvalue weighted by Gasteiger charge is 2.21. The minimum Gasteiger partial charge on any atom is -0.310 e. The average Bonchev–Trinajstić information content (AvgIpc) is 3.27. The number of hydrogen-bond acceptors (Lipinski definition) is 1. The molecule has 0 N–H and O–H groups in total. The lowest BCUT2D eigenvalue weighted by Crippen LogP contribution is -2.11. The fraction of sp³-hybridized carbons (Fsp3) is 0. The van der Waals surface area contributed by atoms with Gasteiger partial charge in [-0.1, -0.05) is 188 Å². The van der Waals surface area contributed by atoms with Crippen LogP contribution in [-0.4, -0.2) is 0 Å². The highest BCUT2D eigenvalue weighted by Crippen LogP contribution is 2.46. The Morgan fingerprint density at radius 1 is 0.236 bits per heavy atom. The van der Waals surface area contributed by atoms with Crippen LogP contribution in [0.4, 0.5) is 17.1 Å².